The van der Waals surface area contributed by atoms with Gasteiger partial charge in [0.15, 0.2) is 0 Å². The fourth-order valence-corrected chi connectivity index (χ4v) is 3.29. The molecule has 0 unspecified atom stereocenters. The topological polar surface area (TPSA) is 34.2 Å². The van der Waals surface area contributed by atoms with Gasteiger partial charge in [-0.3, -0.25) is 4.98 Å². The minimum Gasteiger partial charge on any atom is -0.489 e. The molecule has 0 spiro atoms. The van der Waals surface area contributed by atoms with Crippen molar-refractivity contribution in [1.82, 2.24) is 10.3 Å². The van der Waals surface area contributed by atoms with Gasteiger partial charge in [-0.05, 0) is 53.8 Å². The van der Waals surface area contributed by atoms with Crippen molar-refractivity contribution in [3.8, 4) is 16.9 Å². The molecule has 1 N–H and O–H groups in total. The average molecular weight is 421 g/mol. The summed E-state index contributed by atoms with van der Waals surface area (Å²) in [4.78, 5) is 4.31. The highest BCUT2D eigenvalue weighted by molar-refractivity contribution is 5.85. The number of hydrogen-bond donors (Lipinski definition) is 1. The first kappa shape index (κ1) is 22.2. The third kappa shape index (κ3) is 5.44. The van der Waals surface area contributed by atoms with Gasteiger partial charge in [0.2, 0.25) is 0 Å². The Kier molecular flexibility index (Phi) is 8.24. The summed E-state index contributed by atoms with van der Waals surface area (Å²) in [6, 6.07) is 16.8. The number of benzene rings is 2. The minimum atomic E-state index is -0.228. The van der Waals surface area contributed by atoms with Gasteiger partial charge in [0.25, 0.3) is 0 Å². The van der Waals surface area contributed by atoms with E-state index in [2.05, 4.69) is 28.5 Å². The molecule has 148 valence electrons. The number of aromatic nitrogens is 1. The highest BCUT2D eigenvalue weighted by atomic mass is 35.5. The Bertz CT molecular complexity index is 890. The first-order valence-corrected chi connectivity index (χ1v) is 8.93. The van der Waals surface area contributed by atoms with E-state index in [1.807, 2.05) is 18.3 Å². The number of pyridine rings is 1. The number of ether oxygens (including phenoxy) is 1. The largest absolute Gasteiger partial charge is 0.489 e. The molecule has 28 heavy (non-hydrogen) atoms. The van der Waals surface area contributed by atoms with Gasteiger partial charge in [0, 0.05) is 31.0 Å². The second kappa shape index (κ2) is 10.4. The fourth-order valence-electron chi connectivity index (χ4n) is 3.29. The lowest BCUT2D eigenvalue weighted by atomic mass is 10.0. The summed E-state index contributed by atoms with van der Waals surface area (Å²) in [5.74, 6) is 0.777. The number of nitrogens with zero attached hydrogens (tertiary/aromatic N) is 1. The predicted octanol–water partition coefficient (Wildman–Crippen LogP) is 5.21. The summed E-state index contributed by atoms with van der Waals surface area (Å²) in [5, 5.41) is 3.47. The van der Waals surface area contributed by atoms with E-state index < -0.39 is 0 Å². The smallest absolute Gasteiger partial charge is 0.123 e. The zero-order valence-corrected chi connectivity index (χ0v) is 16.9. The Morgan fingerprint density at radius 2 is 1.79 bits per heavy atom. The van der Waals surface area contributed by atoms with E-state index in [0.29, 0.717) is 0 Å². The Morgan fingerprint density at radius 3 is 2.61 bits per heavy atom. The van der Waals surface area contributed by atoms with Crippen LogP contribution in [0.25, 0.3) is 11.1 Å². The maximum atomic E-state index is 13.1. The van der Waals surface area contributed by atoms with Crippen molar-refractivity contribution in [1.29, 1.82) is 0 Å². The van der Waals surface area contributed by atoms with Gasteiger partial charge in [0.05, 0.1) is 0 Å². The van der Waals surface area contributed by atoms with E-state index >= 15 is 0 Å². The van der Waals surface area contributed by atoms with Crippen LogP contribution in [0, 0.1) is 5.82 Å². The summed E-state index contributed by atoms with van der Waals surface area (Å²) < 4.78 is 19.1. The van der Waals surface area contributed by atoms with Gasteiger partial charge in [-0.2, -0.15) is 0 Å². The van der Waals surface area contributed by atoms with Crippen LogP contribution >= 0.6 is 24.8 Å². The lowest BCUT2D eigenvalue weighted by Crippen LogP contribution is -2.33. The van der Waals surface area contributed by atoms with Crippen molar-refractivity contribution >= 4 is 24.8 Å². The maximum Gasteiger partial charge on any atom is 0.123 e. The quantitative estimate of drug-likeness (QED) is 0.614. The highest BCUT2D eigenvalue weighted by Crippen LogP contribution is 2.26. The summed E-state index contributed by atoms with van der Waals surface area (Å²) in [5.41, 5.74) is 4.35. The van der Waals surface area contributed by atoms with Crippen molar-refractivity contribution in [2.75, 3.05) is 6.54 Å². The lowest BCUT2D eigenvalue weighted by molar-refractivity contribution is 0.170. The molecule has 0 fully saturated rings. The molecule has 1 aliphatic rings. The summed E-state index contributed by atoms with van der Waals surface area (Å²) >= 11 is 0. The van der Waals surface area contributed by atoms with Crippen LogP contribution in [0.5, 0.6) is 5.75 Å². The van der Waals surface area contributed by atoms with Gasteiger partial charge in [-0.15, -0.1) is 24.8 Å². The predicted molar refractivity (Wildman–Crippen MR) is 115 cm³/mol. The lowest BCUT2D eigenvalue weighted by Gasteiger charge is -2.26. The third-order valence-electron chi connectivity index (χ3n) is 4.68. The van der Waals surface area contributed by atoms with Crippen LogP contribution < -0.4 is 10.1 Å². The molecule has 0 radical (unpaired) electrons. The molecule has 0 bridgehead atoms. The molecular weight excluding hydrogens is 398 g/mol. The SMILES string of the molecule is Cl.Cl.Fc1ccc(-c2cncc(CNC[C@H]3CCc4ccccc4O3)c2)cc1. The van der Waals surface area contributed by atoms with Crippen molar-refractivity contribution in [2.45, 2.75) is 25.5 Å². The Morgan fingerprint density at radius 1 is 1.00 bits per heavy atom. The normalized spacial score (nSPS) is 14.8. The molecule has 1 atom stereocenters. The van der Waals surface area contributed by atoms with Crippen LogP contribution in [-0.2, 0) is 13.0 Å². The Labute approximate surface area is 177 Å². The molecule has 3 nitrogen and oxygen atoms in total. The van der Waals surface area contributed by atoms with E-state index in [-0.39, 0.29) is 36.7 Å². The van der Waals surface area contributed by atoms with E-state index in [0.717, 1.165) is 48.4 Å². The summed E-state index contributed by atoms with van der Waals surface area (Å²) in [6.45, 7) is 1.53. The van der Waals surface area contributed by atoms with E-state index in [1.165, 1.54) is 17.7 Å². The zero-order valence-electron chi connectivity index (χ0n) is 15.3. The standard InChI is InChI=1S/C22H21FN2O.2ClH/c23-20-8-5-17(6-9-20)19-11-16(12-24-14-19)13-25-15-21-10-7-18-3-1-2-4-22(18)26-21;;/h1-6,8-9,11-12,14,21,25H,7,10,13,15H2;2*1H/t21-;;/m1../s1. The number of rotatable bonds is 5. The van der Waals surface area contributed by atoms with Crippen molar-refractivity contribution in [3.63, 3.8) is 0 Å². The molecule has 0 saturated carbocycles. The fraction of sp³-hybridized carbons (Fsp3) is 0.227. The third-order valence-corrected chi connectivity index (χ3v) is 4.68. The molecule has 2 heterocycles. The van der Waals surface area contributed by atoms with Crippen LogP contribution in [0.1, 0.15) is 17.5 Å². The van der Waals surface area contributed by atoms with Crippen LogP contribution in [-0.4, -0.2) is 17.6 Å². The Balaban J connectivity index is 0.00000140. The minimum absolute atomic E-state index is 0. The van der Waals surface area contributed by atoms with Crippen LogP contribution in [0.2, 0.25) is 0 Å². The van der Waals surface area contributed by atoms with Crippen molar-refractivity contribution < 1.29 is 9.13 Å². The van der Waals surface area contributed by atoms with E-state index in [9.17, 15) is 4.39 Å². The van der Waals surface area contributed by atoms with Gasteiger partial charge in [-0.1, -0.05) is 30.3 Å². The highest BCUT2D eigenvalue weighted by Gasteiger charge is 2.18. The second-order valence-electron chi connectivity index (χ2n) is 6.61. The van der Waals surface area contributed by atoms with E-state index in [4.69, 9.17) is 4.74 Å². The number of fused-ring (bicyclic) bond motifs is 1. The average Bonchev–Trinajstić information content (AvgIpc) is 2.69. The van der Waals surface area contributed by atoms with Gasteiger partial charge in [-0.25, -0.2) is 4.39 Å². The van der Waals surface area contributed by atoms with E-state index in [1.54, 1.807) is 18.3 Å². The molecule has 2 aromatic carbocycles. The molecule has 6 heteroatoms. The molecule has 1 aromatic heterocycles. The van der Waals surface area contributed by atoms with Crippen LogP contribution in [0.4, 0.5) is 4.39 Å². The van der Waals surface area contributed by atoms with Gasteiger partial charge >= 0.3 is 0 Å². The van der Waals surface area contributed by atoms with Crippen LogP contribution in [0.15, 0.2) is 67.0 Å². The number of aryl methyl sites for hydroxylation is 1. The van der Waals surface area contributed by atoms with Gasteiger partial charge < -0.3 is 10.1 Å². The number of halogens is 3. The molecule has 0 saturated heterocycles. The van der Waals surface area contributed by atoms with Crippen LogP contribution in [0.3, 0.4) is 0 Å². The monoisotopic (exact) mass is 420 g/mol. The molecule has 0 aliphatic carbocycles. The number of para-hydroxylation sites is 1. The summed E-state index contributed by atoms with van der Waals surface area (Å²) in [7, 11) is 0. The van der Waals surface area contributed by atoms with Crippen molar-refractivity contribution in [3.05, 3.63) is 83.9 Å². The molecule has 0 amide bonds. The maximum absolute atomic E-state index is 13.1. The first-order chi connectivity index (χ1) is 12.8. The first-order valence-electron chi connectivity index (χ1n) is 8.93. The molecule has 1 aliphatic heterocycles. The molecule has 4 rings (SSSR count). The second-order valence-corrected chi connectivity index (χ2v) is 6.61. The van der Waals surface area contributed by atoms with Gasteiger partial charge in [0.1, 0.15) is 17.7 Å². The van der Waals surface area contributed by atoms with Crippen molar-refractivity contribution in [2.24, 2.45) is 0 Å². The molecular formula is C22H23Cl2FN2O. The number of hydrogen-bond acceptors (Lipinski definition) is 3. The Hall–Kier alpha value is -2.14. The summed E-state index contributed by atoms with van der Waals surface area (Å²) in [6.07, 6.45) is 5.94. The zero-order chi connectivity index (χ0) is 17.8. The number of nitrogens with one attached hydrogen (secondary N) is 1. The molecule has 3 aromatic rings.